The summed E-state index contributed by atoms with van der Waals surface area (Å²) in [5.41, 5.74) is 0.878. The lowest BCUT2D eigenvalue weighted by Crippen LogP contribution is -2.35. The quantitative estimate of drug-likeness (QED) is 0.339. The minimum absolute atomic E-state index is 0.0235. The molecule has 0 unspecified atom stereocenters. The zero-order chi connectivity index (χ0) is 20.3. The van der Waals surface area contributed by atoms with Crippen LogP contribution >= 0.6 is 0 Å². The van der Waals surface area contributed by atoms with Crippen LogP contribution in [0.1, 0.15) is 32.7 Å². The molecule has 10 heteroatoms. The maximum atomic E-state index is 12.4. The van der Waals surface area contributed by atoms with Gasteiger partial charge in [0.15, 0.2) is 0 Å². The molecule has 0 bridgehead atoms. The zero-order valence-electron chi connectivity index (χ0n) is 15.0. The second-order valence-corrected chi connectivity index (χ2v) is 6.20. The molecule has 4 amide bonds. The van der Waals surface area contributed by atoms with Crippen molar-refractivity contribution in [1.29, 1.82) is 0 Å². The summed E-state index contributed by atoms with van der Waals surface area (Å²) in [5.74, 6) is -0.653. The molecular weight excluding hydrogens is 366 g/mol. The fraction of sp³-hybridized carbons (Fsp3) is 0.222. The fourth-order valence-corrected chi connectivity index (χ4v) is 2.80. The second-order valence-electron chi connectivity index (χ2n) is 6.20. The van der Waals surface area contributed by atoms with Gasteiger partial charge in [0.1, 0.15) is 5.82 Å². The number of nitro groups is 1. The maximum Gasteiger partial charge on any atom is 0.320 e. The average Bonchev–Trinajstić information content (AvgIpc) is 2.89. The Balaban J connectivity index is 1.51. The molecule has 0 atom stereocenters. The van der Waals surface area contributed by atoms with Gasteiger partial charge in [0.25, 0.3) is 17.5 Å². The van der Waals surface area contributed by atoms with Crippen LogP contribution in [-0.2, 0) is 0 Å². The molecule has 0 fully saturated rings. The predicted molar refractivity (Wildman–Crippen MR) is 99.1 cm³/mol. The van der Waals surface area contributed by atoms with Crippen molar-refractivity contribution in [2.24, 2.45) is 0 Å². The zero-order valence-corrected chi connectivity index (χ0v) is 15.0. The largest absolute Gasteiger partial charge is 0.338 e. The van der Waals surface area contributed by atoms with Crippen LogP contribution in [0, 0.1) is 17.0 Å². The third-order valence-corrected chi connectivity index (χ3v) is 4.17. The highest BCUT2D eigenvalue weighted by atomic mass is 16.6. The number of imide groups is 1. The summed E-state index contributed by atoms with van der Waals surface area (Å²) in [4.78, 5) is 51.8. The van der Waals surface area contributed by atoms with Crippen molar-refractivity contribution in [2.45, 2.75) is 13.3 Å². The molecule has 10 nitrogen and oxygen atoms in total. The van der Waals surface area contributed by atoms with E-state index >= 15 is 0 Å². The number of carbonyl (C=O) groups excluding carboxylic acids is 3. The van der Waals surface area contributed by atoms with E-state index in [2.05, 4.69) is 15.6 Å². The summed E-state index contributed by atoms with van der Waals surface area (Å²) >= 11 is 0. The number of fused-ring (bicyclic) bond motifs is 1. The highest BCUT2D eigenvalue weighted by Gasteiger charge is 2.36. The average molecular weight is 383 g/mol. The van der Waals surface area contributed by atoms with Crippen molar-refractivity contribution >= 4 is 29.4 Å². The number of nitrogens with zero attached hydrogens (tertiary/aromatic N) is 3. The summed E-state index contributed by atoms with van der Waals surface area (Å²) in [6, 6.07) is 6.66. The highest BCUT2D eigenvalue weighted by Crippen LogP contribution is 2.26. The number of pyridine rings is 1. The Morgan fingerprint density at radius 2 is 1.93 bits per heavy atom. The van der Waals surface area contributed by atoms with Gasteiger partial charge in [-0.05, 0) is 37.1 Å². The molecule has 1 aliphatic heterocycles. The third-order valence-electron chi connectivity index (χ3n) is 4.17. The van der Waals surface area contributed by atoms with Crippen molar-refractivity contribution in [2.75, 3.05) is 18.4 Å². The molecule has 1 aromatic heterocycles. The molecule has 1 aliphatic rings. The first-order valence-corrected chi connectivity index (χ1v) is 8.49. The Kier molecular flexibility index (Phi) is 5.30. The normalized spacial score (nSPS) is 12.7. The van der Waals surface area contributed by atoms with E-state index in [0.29, 0.717) is 12.2 Å². The van der Waals surface area contributed by atoms with E-state index in [1.807, 2.05) is 6.92 Å². The number of benzene rings is 1. The number of urea groups is 1. The lowest BCUT2D eigenvalue weighted by molar-refractivity contribution is -0.384. The van der Waals surface area contributed by atoms with E-state index in [1.165, 1.54) is 12.1 Å². The van der Waals surface area contributed by atoms with Crippen LogP contribution in [0.4, 0.5) is 16.3 Å². The van der Waals surface area contributed by atoms with Gasteiger partial charge in [0.2, 0.25) is 0 Å². The Morgan fingerprint density at radius 3 is 2.64 bits per heavy atom. The predicted octanol–water partition coefficient (Wildman–Crippen LogP) is 2.11. The van der Waals surface area contributed by atoms with Crippen molar-refractivity contribution in [1.82, 2.24) is 15.2 Å². The number of hydrogen-bond acceptors (Lipinski definition) is 6. The number of anilines is 1. The lowest BCUT2D eigenvalue weighted by Gasteiger charge is -2.14. The highest BCUT2D eigenvalue weighted by molar-refractivity contribution is 6.21. The number of aromatic nitrogens is 1. The van der Waals surface area contributed by atoms with Crippen LogP contribution < -0.4 is 10.6 Å². The third kappa shape index (κ3) is 3.95. The van der Waals surface area contributed by atoms with Gasteiger partial charge in [-0.2, -0.15) is 0 Å². The van der Waals surface area contributed by atoms with Gasteiger partial charge in [-0.3, -0.25) is 29.9 Å². The van der Waals surface area contributed by atoms with Gasteiger partial charge in [0, 0.05) is 31.4 Å². The molecule has 2 N–H and O–H groups in total. The number of nitrogens with one attached hydrogen (secondary N) is 2. The fourth-order valence-electron chi connectivity index (χ4n) is 2.80. The molecule has 0 radical (unpaired) electrons. The van der Waals surface area contributed by atoms with Gasteiger partial charge in [-0.1, -0.05) is 0 Å². The van der Waals surface area contributed by atoms with E-state index in [-0.39, 0.29) is 29.9 Å². The molecular formula is C18H17N5O5. The molecule has 0 spiro atoms. The first-order valence-electron chi connectivity index (χ1n) is 8.49. The molecule has 3 rings (SSSR count). The van der Waals surface area contributed by atoms with E-state index in [1.54, 1.807) is 18.3 Å². The maximum absolute atomic E-state index is 12.4. The van der Waals surface area contributed by atoms with Crippen LogP contribution in [0.15, 0.2) is 36.5 Å². The first kappa shape index (κ1) is 19.0. The summed E-state index contributed by atoms with van der Waals surface area (Å²) in [6.07, 6.45) is 1.92. The van der Waals surface area contributed by atoms with Gasteiger partial charge < -0.3 is 5.32 Å². The van der Waals surface area contributed by atoms with Crippen LogP contribution in [0.5, 0.6) is 0 Å². The topological polar surface area (TPSA) is 135 Å². The Labute approximate surface area is 159 Å². The molecule has 2 aromatic rings. The Morgan fingerprint density at radius 1 is 1.18 bits per heavy atom. The summed E-state index contributed by atoms with van der Waals surface area (Å²) < 4.78 is 0. The number of nitro benzene ring substituents is 1. The lowest BCUT2D eigenvalue weighted by atomic mass is 10.1. The number of rotatable bonds is 6. The molecule has 28 heavy (non-hydrogen) atoms. The monoisotopic (exact) mass is 383 g/mol. The number of aryl methyl sites for hydroxylation is 1. The molecule has 1 aromatic carbocycles. The van der Waals surface area contributed by atoms with Crippen LogP contribution in [0.3, 0.4) is 0 Å². The SMILES string of the molecule is Cc1ccnc(NC(=O)NCCCN2C(=O)c3ccc([N+](=O)[O-])cc3C2=O)c1. The summed E-state index contributed by atoms with van der Waals surface area (Å²) in [7, 11) is 0. The standard InChI is InChI=1S/C18H17N5O5/c1-11-5-7-19-15(9-11)21-18(26)20-6-2-8-22-16(24)13-4-3-12(23(27)28)10-14(13)17(22)25/h3-5,7,9-10H,2,6,8H2,1H3,(H2,19,20,21,26). The van der Waals surface area contributed by atoms with E-state index in [0.717, 1.165) is 16.5 Å². The smallest absolute Gasteiger partial charge is 0.320 e. The van der Waals surface area contributed by atoms with Crippen molar-refractivity contribution in [3.63, 3.8) is 0 Å². The van der Waals surface area contributed by atoms with Crippen molar-refractivity contribution < 1.29 is 19.3 Å². The van der Waals surface area contributed by atoms with Gasteiger partial charge >= 0.3 is 6.03 Å². The summed E-state index contributed by atoms with van der Waals surface area (Å²) in [5, 5.41) is 16.0. The Bertz CT molecular complexity index is 975. The van der Waals surface area contributed by atoms with Gasteiger partial charge in [-0.25, -0.2) is 9.78 Å². The molecule has 0 saturated carbocycles. The number of carbonyl (C=O) groups is 3. The molecule has 144 valence electrons. The molecule has 2 heterocycles. The summed E-state index contributed by atoms with van der Waals surface area (Å²) in [6.45, 7) is 2.19. The Hall–Kier alpha value is -3.82. The molecule has 0 saturated heterocycles. The van der Waals surface area contributed by atoms with Crippen LogP contribution in [0.25, 0.3) is 0 Å². The van der Waals surface area contributed by atoms with Crippen LogP contribution in [-0.4, -0.2) is 45.7 Å². The van der Waals surface area contributed by atoms with E-state index < -0.39 is 22.8 Å². The minimum atomic E-state index is -0.619. The first-order chi connectivity index (χ1) is 13.4. The van der Waals surface area contributed by atoms with Gasteiger partial charge in [0.05, 0.1) is 16.1 Å². The number of amides is 4. The minimum Gasteiger partial charge on any atom is -0.338 e. The van der Waals surface area contributed by atoms with Gasteiger partial charge in [-0.15, -0.1) is 0 Å². The van der Waals surface area contributed by atoms with Crippen molar-refractivity contribution in [3.8, 4) is 0 Å². The number of hydrogen-bond donors (Lipinski definition) is 2. The number of non-ortho nitro benzene ring substituents is 1. The molecule has 0 aliphatic carbocycles. The van der Waals surface area contributed by atoms with Crippen molar-refractivity contribution in [3.05, 3.63) is 63.3 Å². The van der Waals surface area contributed by atoms with E-state index in [4.69, 9.17) is 0 Å². The van der Waals surface area contributed by atoms with E-state index in [9.17, 15) is 24.5 Å². The second kappa shape index (κ2) is 7.82. The van der Waals surface area contributed by atoms with Crippen LogP contribution in [0.2, 0.25) is 0 Å².